The van der Waals surface area contributed by atoms with Crippen molar-refractivity contribution in [1.82, 2.24) is 0 Å². The van der Waals surface area contributed by atoms with Gasteiger partial charge in [-0.1, -0.05) is 46.3 Å². The molecule has 0 bridgehead atoms. The second-order valence-electron chi connectivity index (χ2n) is 1.96. The van der Waals surface area contributed by atoms with Crippen molar-refractivity contribution < 1.29 is 35.7 Å². The smallest absolute Gasteiger partial charge is 1.00 e. The third-order valence-corrected chi connectivity index (χ3v) is 2.17. The molecule has 11 heavy (non-hydrogen) atoms. The fourth-order valence-electron chi connectivity index (χ4n) is 0.740. The van der Waals surface area contributed by atoms with Crippen LogP contribution in [0.3, 0.4) is 0 Å². The minimum Gasteiger partial charge on any atom is -1.00 e. The molecule has 0 aliphatic rings. The predicted octanol–water partition coefficient (Wildman–Crippen LogP) is -0.157. The number of hydrogen-bond acceptors (Lipinski definition) is 1. The van der Waals surface area contributed by atoms with Crippen molar-refractivity contribution in [2.24, 2.45) is 0 Å². The van der Waals surface area contributed by atoms with E-state index in [0.29, 0.717) is 0 Å². The Labute approximate surface area is 99.0 Å². The van der Waals surface area contributed by atoms with Crippen molar-refractivity contribution in [3.05, 3.63) is 35.9 Å². The molecule has 0 saturated heterocycles. The van der Waals surface area contributed by atoms with E-state index in [1.54, 1.807) is 7.11 Å². The van der Waals surface area contributed by atoms with E-state index in [9.17, 15) is 0 Å². The Morgan fingerprint density at radius 2 is 1.91 bits per heavy atom. The Morgan fingerprint density at radius 1 is 1.36 bits per heavy atom. The van der Waals surface area contributed by atoms with Crippen LogP contribution in [0, 0.1) is 0 Å². The first-order valence-corrected chi connectivity index (χ1v) is 3.98. The normalized spacial score (nSPS) is 11.8. The van der Waals surface area contributed by atoms with Crippen LogP contribution in [0.5, 0.6) is 0 Å². The summed E-state index contributed by atoms with van der Waals surface area (Å²) in [4.78, 5) is 0. The molecule has 0 heterocycles. The van der Waals surface area contributed by atoms with Gasteiger partial charge in [-0.3, -0.25) is 0 Å². The van der Waals surface area contributed by atoms with Crippen LogP contribution in [0.4, 0.5) is 0 Å². The first-order chi connectivity index (χ1) is 4.84. The molecule has 0 N–H and O–H groups in total. The third kappa shape index (κ3) is 3.72. The summed E-state index contributed by atoms with van der Waals surface area (Å²) in [5.41, 5.74) is 1.14. The van der Waals surface area contributed by atoms with Gasteiger partial charge in [-0.2, -0.15) is 0 Å². The molecule has 0 fully saturated rings. The van der Waals surface area contributed by atoms with Crippen LogP contribution in [0.1, 0.15) is 12.0 Å². The number of halogens is 1. The maximum atomic E-state index is 5.05. The number of hydrogen-bond donors (Lipinski definition) is 0. The average molecular weight is 225 g/mol. The van der Waals surface area contributed by atoms with Crippen molar-refractivity contribution >= 4 is 15.9 Å². The van der Waals surface area contributed by atoms with Crippen molar-refractivity contribution in [1.29, 1.82) is 0 Å². The first kappa shape index (κ1) is 11.7. The molecule has 0 amide bonds. The van der Waals surface area contributed by atoms with Crippen LogP contribution in [0.2, 0.25) is 0 Å². The van der Waals surface area contributed by atoms with Gasteiger partial charge in [0.05, 0.1) is 0 Å². The van der Waals surface area contributed by atoms with Gasteiger partial charge in [-0.15, -0.1) is 0 Å². The Balaban J connectivity index is 0. The molecule has 1 aromatic carbocycles. The Bertz CT molecular complexity index is 196. The van der Waals surface area contributed by atoms with Gasteiger partial charge in [0.1, 0.15) is 5.01 Å². The van der Waals surface area contributed by atoms with Gasteiger partial charge in [0.2, 0.25) is 0 Å². The fraction of sp³-hybridized carbons (Fsp3) is 0.250. The van der Waals surface area contributed by atoms with E-state index >= 15 is 0 Å². The number of methoxy groups -OCH3 is 1. The van der Waals surface area contributed by atoms with E-state index in [4.69, 9.17) is 4.74 Å². The van der Waals surface area contributed by atoms with Gasteiger partial charge < -0.3 is 6.16 Å². The number of rotatable bonds is 2. The summed E-state index contributed by atoms with van der Waals surface area (Å²) in [6.45, 7) is 0. The van der Waals surface area contributed by atoms with Crippen LogP contribution in [0.15, 0.2) is 30.3 Å². The van der Waals surface area contributed by atoms with Gasteiger partial charge in [0.25, 0.3) is 0 Å². The molecule has 0 spiro atoms. The van der Waals surface area contributed by atoms with E-state index < -0.39 is 0 Å². The second-order valence-corrected chi connectivity index (χ2v) is 2.79. The molecular formula is C8H10BrNaO. The third-order valence-electron chi connectivity index (χ3n) is 1.27. The Morgan fingerprint density at radius 3 is 2.36 bits per heavy atom. The molecule has 3 heteroatoms. The monoisotopic (exact) mass is 224 g/mol. The molecular weight excluding hydrogens is 215 g/mol. The largest absolute Gasteiger partial charge is 1.00 e. The molecule has 0 radical (unpaired) electrons. The quantitative estimate of drug-likeness (QED) is 0.502. The number of alkyl halides is 1. The van der Waals surface area contributed by atoms with Crippen molar-refractivity contribution in [2.45, 2.75) is 5.01 Å². The second kappa shape index (κ2) is 6.21. The van der Waals surface area contributed by atoms with Crippen molar-refractivity contribution in [3.8, 4) is 0 Å². The van der Waals surface area contributed by atoms with Crippen LogP contribution in [0.25, 0.3) is 0 Å². The SMILES string of the molecule is COC(Br)c1ccccc1.[H-].[Na+]. The zero-order valence-electron chi connectivity index (χ0n) is 7.75. The summed E-state index contributed by atoms with van der Waals surface area (Å²) in [6.07, 6.45) is 0. The van der Waals surface area contributed by atoms with Crippen molar-refractivity contribution in [3.63, 3.8) is 0 Å². The standard InChI is InChI=1S/C8H9BrO.Na.H/c1-10-8(9)7-5-3-2-4-6-7;;/h2-6,8H,1H3;;/q;+1;-1. The minimum absolute atomic E-state index is 0. The first-order valence-electron chi connectivity index (χ1n) is 3.06. The maximum absolute atomic E-state index is 5.05. The molecule has 56 valence electrons. The fourth-order valence-corrected chi connectivity index (χ4v) is 1.05. The summed E-state index contributed by atoms with van der Waals surface area (Å²) in [6, 6.07) is 10.00. The Hall–Kier alpha value is 0.660. The molecule has 1 aromatic rings. The van der Waals surface area contributed by atoms with Gasteiger partial charge in [-0.25, -0.2) is 0 Å². The summed E-state index contributed by atoms with van der Waals surface area (Å²) in [5.74, 6) is 0. The molecule has 0 aliphatic heterocycles. The predicted molar refractivity (Wildman–Crippen MR) is 46.2 cm³/mol. The molecule has 0 aromatic heterocycles. The van der Waals surface area contributed by atoms with Crippen LogP contribution in [-0.2, 0) is 4.74 Å². The summed E-state index contributed by atoms with van der Waals surface area (Å²) in [7, 11) is 1.67. The molecule has 1 rings (SSSR count). The van der Waals surface area contributed by atoms with Crippen molar-refractivity contribution in [2.75, 3.05) is 7.11 Å². The zero-order chi connectivity index (χ0) is 7.40. The summed E-state index contributed by atoms with van der Waals surface area (Å²) in [5, 5.41) is 0.0219. The van der Waals surface area contributed by atoms with E-state index in [-0.39, 0.29) is 36.0 Å². The molecule has 1 nitrogen and oxygen atoms in total. The maximum Gasteiger partial charge on any atom is 1.00 e. The number of ether oxygens (including phenoxy) is 1. The molecule has 0 aliphatic carbocycles. The van der Waals surface area contributed by atoms with Crippen LogP contribution in [-0.4, -0.2) is 7.11 Å². The van der Waals surface area contributed by atoms with Gasteiger partial charge in [0, 0.05) is 7.11 Å². The Kier molecular flexibility index (Phi) is 6.58. The minimum atomic E-state index is 0. The summed E-state index contributed by atoms with van der Waals surface area (Å²) < 4.78 is 5.05. The molecule has 0 saturated carbocycles. The van der Waals surface area contributed by atoms with Crippen LogP contribution >= 0.6 is 15.9 Å². The van der Waals surface area contributed by atoms with E-state index in [1.807, 2.05) is 30.3 Å². The van der Waals surface area contributed by atoms with Gasteiger partial charge >= 0.3 is 29.6 Å². The molecule has 1 atom stereocenters. The van der Waals surface area contributed by atoms with E-state index in [1.165, 1.54) is 0 Å². The van der Waals surface area contributed by atoms with Gasteiger partial charge in [0.15, 0.2) is 0 Å². The van der Waals surface area contributed by atoms with E-state index in [0.717, 1.165) is 5.56 Å². The number of benzene rings is 1. The average Bonchev–Trinajstić information content (AvgIpc) is 2.05. The zero-order valence-corrected chi connectivity index (χ0v) is 10.3. The topological polar surface area (TPSA) is 9.23 Å². The molecule has 1 unspecified atom stereocenters. The van der Waals surface area contributed by atoms with E-state index in [2.05, 4.69) is 15.9 Å². The summed E-state index contributed by atoms with van der Waals surface area (Å²) >= 11 is 3.36. The van der Waals surface area contributed by atoms with Gasteiger partial charge in [-0.05, 0) is 5.56 Å². The van der Waals surface area contributed by atoms with Crippen LogP contribution < -0.4 is 29.6 Å².